The Bertz CT molecular complexity index is 964. The van der Waals surface area contributed by atoms with Crippen molar-refractivity contribution in [2.24, 2.45) is 0 Å². The predicted octanol–water partition coefficient (Wildman–Crippen LogP) is 0.630. The fourth-order valence-corrected chi connectivity index (χ4v) is 4.15. The number of H-pyrrole nitrogens is 2. The van der Waals surface area contributed by atoms with Gasteiger partial charge >= 0.3 is 0 Å². The Morgan fingerprint density at radius 3 is 1.41 bits per heavy atom. The monoisotopic (exact) mass is 438 g/mol. The summed E-state index contributed by atoms with van der Waals surface area (Å²) >= 11 is 0. The van der Waals surface area contributed by atoms with Gasteiger partial charge in [-0.2, -0.15) is 25.1 Å². The van der Waals surface area contributed by atoms with Crippen LogP contribution in [0.1, 0.15) is 11.4 Å². The van der Waals surface area contributed by atoms with Crippen molar-refractivity contribution in [1.29, 1.82) is 0 Å². The van der Waals surface area contributed by atoms with Crippen LogP contribution in [0, 0.1) is 13.8 Å². The lowest BCUT2D eigenvalue weighted by Gasteiger charge is -2.36. The van der Waals surface area contributed by atoms with Crippen molar-refractivity contribution in [1.82, 2.24) is 35.3 Å². The summed E-state index contributed by atoms with van der Waals surface area (Å²) in [6.07, 6.45) is 0. The highest BCUT2D eigenvalue weighted by atomic mass is 15.4. The molecule has 0 unspecified atom stereocenters. The first-order valence-electron chi connectivity index (χ1n) is 11.1. The second-order valence-corrected chi connectivity index (χ2v) is 8.28. The van der Waals surface area contributed by atoms with Gasteiger partial charge in [-0.3, -0.25) is 10.2 Å². The third-order valence-electron chi connectivity index (χ3n) is 5.99. The van der Waals surface area contributed by atoms with E-state index in [0.717, 1.165) is 87.3 Å². The number of rotatable bonds is 5. The molecule has 5 heterocycles. The standard InChI is InChI=1S/C20H30N12/c1-14-12-16(27-25-14)29-4-8-31(9-5-29)19-22-18(21-3)23-20(24-19)32-10-6-30(7-11-32)17-13-15(2)26-28-17/h12-13H,4-11H2,1-3H3,(H,25,27)(H,26,28)(H,21,22,23,24). The van der Waals surface area contributed by atoms with Gasteiger partial charge in [0.1, 0.15) is 0 Å². The second kappa shape index (κ2) is 8.52. The molecule has 2 fully saturated rings. The van der Waals surface area contributed by atoms with E-state index in [1.54, 1.807) is 0 Å². The van der Waals surface area contributed by atoms with Crippen LogP contribution in [0.2, 0.25) is 0 Å². The minimum absolute atomic E-state index is 0.598. The summed E-state index contributed by atoms with van der Waals surface area (Å²) in [6, 6.07) is 4.17. The SMILES string of the molecule is CNc1nc(N2CCN(c3cc(C)[nH]n3)CC2)nc(N2CCN(c3cc(C)[nH]n3)CC2)n1. The Balaban J connectivity index is 1.26. The molecule has 0 radical (unpaired) electrons. The van der Waals surface area contributed by atoms with Gasteiger partial charge in [0.2, 0.25) is 17.8 Å². The molecule has 0 saturated carbocycles. The van der Waals surface area contributed by atoms with E-state index in [1.165, 1.54) is 0 Å². The molecule has 3 aromatic rings. The summed E-state index contributed by atoms with van der Waals surface area (Å²) in [5.41, 5.74) is 2.15. The molecular weight excluding hydrogens is 408 g/mol. The lowest BCUT2D eigenvalue weighted by atomic mass is 10.3. The first-order chi connectivity index (χ1) is 15.6. The maximum atomic E-state index is 4.84. The molecule has 2 aliphatic heterocycles. The lowest BCUT2D eigenvalue weighted by molar-refractivity contribution is 0.619. The van der Waals surface area contributed by atoms with Crippen molar-refractivity contribution in [3.05, 3.63) is 23.5 Å². The van der Waals surface area contributed by atoms with Crippen LogP contribution in [0.3, 0.4) is 0 Å². The number of nitrogens with one attached hydrogen (secondary N) is 3. The molecule has 3 N–H and O–H groups in total. The van der Waals surface area contributed by atoms with Gasteiger partial charge in [0, 0.05) is 82.9 Å². The highest BCUT2D eigenvalue weighted by Gasteiger charge is 2.25. The van der Waals surface area contributed by atoms with Gasteiger partial charge in [-0.15, -0.1) is 0 Å². The highest BCUT2D eigenvalue weighted by Crippen LogP contribution is 2.22. The van der Waals surface area contributed by atoms with Gasteiger partial charge < -0.3 is 24.9 Å². The van der Waals surface area contributed by atoms with Gasteiger partial charge in [-0.25, -0.2) is 0 Å². The van der Waals surface area contributed by atoms with Gasteiger partial charge in [0.25, 0.3) is 0 Å². The predicted molar refractivity (Wildman–Crippen MR) is 125 cm³/mol. The summed E-state index contributed by atoms with van der Waals surface area (Å²) < 4.78 is 0. The highest BCUT2D eigenvalue weighted by molar-refractivity contribution is 5.49. The van der Waals surface area contributed by atoms with E-state index in [2.05, 4.69) is 67.4 Å². The minimum atomic E-state index is 0.598. The number of aromatic amines is 2. The van der Waals surface area contributed by atoms with Crippen molar-refractivity contribution in [2.45, 2.75) is 13.8 Å². The Morgan fingerprint density at radius 1 is 0.656 bits per heavy atom. The molecule has 170 valence electrons. The van der Waals surface area contributed by atoms with Crippen molar-refractivity contribution < 1.29 is 0 Å². The van der Waals surface area contributed by atoms with Crippen LogP contribution in [0.5, 0.6) is 0 Å². The van der Waals surface area contributed by atoms with E-state index in [-0.39, 0.29) is 0 Å². The van der Waals surface area contributed by atoms with E-state index >= 15 is 0 Å². The quantitative estimate of drug-likeness (QED) is 0.523. The second-order valence-electron chi connectivity index (χ2n) is 8.28. The van der Waals surface area contributed by atoms with Crippen molar-refractivity contribution in [3.8, 4) is 0 Å². The van der Waals surface area contributed by atoms with E-state index in [0.29, 0.717) is 5.95 Å². The van der Waals surface area contributed by atoms with Gasteiger partial charge in [0.05, 0.1) is 0 Å². The first kappa shape index (κ1) is 20.3. The number of piperazine rings is 2. The zero-order valence-electron chi connectivity index (χ0n) is 18.8. The van der Waals surface area contributed by atoms with Crippen molar-refractivity contribution in [2.75, 3.05) is 84.3 Å². The average molecular weight is 439 g/mol. The van der Waals surface area contributed by atoms with Crippen LogP contribution in [-0.2, 0) is 0 Å². The topological polar surface area (TPSA) is 121 Å². The molecule has 2 saturated heterocycles. The Morgan fingerprint density at radius 2 is 1.06 bits per heavy atom. The molecule has 32 heavy (non-hydrogen) atoms. The Hall–Kier alpha value is -3.57. The molecule has 2 aliphatic rings. The molecular formula is C20H30N12. The zero-order valence-corrected chi connectivity index (χ0v) is 18.8. The van der Waals surface area contributed by atoms with Crippen molar-refractivity contribution >= 4 is 29.5 Å². The molecule has 0 atom stereocenters. The number of aromatic nitrogens is 7. The molecule has 0 spiro atoms. The fourth-order valence-electron chi connectivity index (χ4n) is 4.15. The number of hydrogen-bond acceptors (Lipinski definition) is 10. The molecule has 3 aromatic heterocycles. The Kier molecular flexibility index (Phi) is 5.41. The smallest absolute Gasteiger partial charge is 0.232 e. The van der Waals surface area contributed by atoms with Crippen LogP contribution in [0.15, 0.2) is 12.1 Å². The number of anilines is 5. The maximum Gasteiger partial charge on any atom is 0.232 e. The van der Waals surface area contributed by atoms with E-state index in [4.69, 9.17) is 4.98 Å². The molecule has 0 aromatic carbocycles. The van der Waals surface area contributed by atoms with E-state index < -0.39 is 0 Å². The summed E-state index contributed by atoms with van der Waals surface area (Å²) in [7, 11) is 1.85. The van der Waals surface area contributed by atoms with Crippen LogP contribution < -0.4 is 24.9 Å². The Labute approximate surface area is 187 Å². The summed E-state index contributed by atoms with van der Waals surface area (Å²) in [5, 5.41) is 17.9. The third kappa shape index (κ3) is 4.12. The molecule has 12 nitrogen and oxygen atoms in total. The normalized spacial score (nSPS) is 17.2. The van der Waals surface area contributed by atoms with Crippen molar-refractivity contribution in [3.63, 3.8) is 0 Å². The number of aryl methyl sites for hydroxylation is 2. The first-order valence-corrected chi connectivity index (χ1v) is 11.1. The zero-order chi connectivity index (χ0) is 22.1. The lowest BCUT2D eigenvalue weighted by Crippen LogP contribution is -2.48. The van der Waals surface area contributed by atoms with Crippen LogP contribution in [0.4, 0.5) is 29.5 Å². The van der Waals surface area contributed by atoms with Gasteiger partial charge in [-0.05, 0) is 13.8 Å². The van der Waals surface area contributed by atoms with E-state index in [9.17, 15) is 0 Å². The van der Waals surface area contributed by atoms with Crippen LogP contribution >= 0.6 is 0 Å². The minimum Gasteiger partial charge on any atom is -0.357 e. The largest absolute Gasteiger partial charge is 0.357 e. The fraction of sp³-hybridized carbons (Fsp3) is 0.550. The molecule has 12 heteroatoms. The number of nitrogens with zero attached hydrogens (tertiary/aromatic N) is 9. The molecule has 5 rings (SSSR count). The summed E-state index contributed by atoms with van der Waals surface area (Å²) in [4.78, 5) is 23.2. The average Bonchev–Trinajstić information content (AvgIpc) is 3.47. The third-order valence-corrected chi connectivity index (χ3v) is 5.99. The summed E-state index contributed by atoms with van der Waals surface area (Å²) in [5.74, 6) is 4.05. The summed E-state index contributed by atoms with van der Waals surface area (Å²) in [6.45, 7) is 10.9. The molecule has 0 amide bonds. The van der Waals surface area contributed by atoms with E-state index in [1.807, 2.05) is 20.9 Å². The van der Waals surface area contributed by atoms with Crippen LogP contribution in [0.25, 0.3) is 0 Å². The van der Waals surface area contributed by atoms with Gasteiger partial charge in [-0.1, -0.05) is 0 Å². The van der Waals surface area contributed by atoms with Crippen LogP contribution in [-0.4, -0.2) is 94.8 Å². The maximum absolute atomic E-state index is 4.84. The molecule has 0 bridgehead atoms. The molecule has 0 aliphatic carbocycles. The van der Waals surface area contributed by atoms with Gasteiger partial charge in [0.15, 0.2) is 11.6 Å². The number of hydrogen-bond donors (Lipinski definition) is 3.